The molecule has 0 aromatic heterocycles. The van der Waals surface area contributed by atoms with Crippen LogP contribution in [0, 0.1) is 0 Å². The first kappa shape index (κ1) is 17.2. The SMILES string of the molecule is O=C(Oc1ccc(Cl)cc1)c1ccc(N=Cc2ccc(Cl)cc2)cc1. The quantitative estimate of drug-likeness (QED) is 0.323. The minimum absolute atomic E-state index is 0.435. The Morgan fingerprint density at radius 3 is 1.96 bits per heavy atom. The summed E-state index contributed by atoms with van der Waals surface area (Å²) in [5, 5.41) is 1.27. The lowest BCUT2D eigenvalue weighted by Crippen LogP contribution is -2.07. The lowest BCUT2D eigenvalue weighted by atomic mass is 10.2. The fourth-order valence-corrected chi connectivity index (χ4v) is 2.30. The molecule has 0 aliphatic heterocycles. The summed E-state index contributed by atoms with van der Waals surface area (Å²) in [5.74, 6) is 0.00906. The Kier molecular flexibility index (Phi) is 5.49. The normalized spacial score (nSPS) is 10.8. The molecular weight excluding hydrogens is 357 g/mol. The second-order valence-electron chi connectivity index (χ2n) is 5.20. The zero-order valence-corrected chi connectivity index (χ0v) is 14.5. The third-order valence-electron chi connectivity index (χ3n) is 3.36. The van der Waals surface area contributed by atoms with Crippen molar-refractivity contribution in [3.63, 3.8) is 0 Å². The van der Waals surface area contributed by atoms with Gasteiger partial charge in [-0.05, 0) is 66.2 Å². The van der Waals surface area contributed by atoms with Crippen LogP contribution < -0.4 is 4.74 Å². The Bertz CT molecular complexity index is 886. The molecule has 124 valence electrons. The van der Waals surface area contributed by atoms with Gasteiger partial charge in [0.25, 0.3) is 0 Å². The minimum Gasteiger partial charge on any atom is -0.423 e. The van der Waals surface area contributed by atoms with Gasteiger partial charge in [-0.1, -0.05) is 35.3 Å². The third-order valence-corrected chi connectivity index (χ3v) is 3.86. The molecule has 0 radical (unpaired) electrons. The number of carbonyl (C=O) groups is 1. The number of hydrogen-bond acceptors (Lipinski definition) is 3. The molecule has 25 heavy (non-hydrogen) atoms. The van der Waals surface area contributed by atoms with Crippen LogP contribution in [0.5, 0.6) is 5.75 Å². The average Bonchev–Trinajstić information content (AvgIpc) is 2.63. The van der Waals surface area contributed by atoms with Crippen LogP contribution in [0.1, 0.15) is 15.9 Å². The lowest BCUT2D eigenvalue weighted by Gasteiger charge is -2.04. The van der Waals surface area contributed by atoms with E-state index in [0.29, 0.717) is 21.4 Å². The number of rotatable bonds is 4. The van der Waals surface area contributed by atoms with Crippen LogP contribution in [0.2, 0.25) is 10.0 Å². The van der Waals surface area contributed by atoms with Gasteiger partial charge in [0, 0.05) is 16.3 Å². The third kappa shape index (κ3) is 4.92. The van der Waals surface area contributed by atoms with Crippen LogP contribution in [0.15, 0.2) is 77.8 Å². The van der Waals surface area contributed by atoms with E-state index in [4.69, 9.17) is 27.9 Å². The van der Waals surface area contributed by atoms with Gasteiger partial charge in [0.2, 0.25) is 0 Å². The van der Waals surface area contributed by atoms with Crippen molar-refractivity contribution in [3.8, 4) is 5.75 Å². The van der Waals surface area contributed by atoms with E-state index in [0.717, 1.165) is 11.3 Å². The molecule has 3 aromatic rings. The maximum Gasteiger partial charge on any atom is 0.343 e. The van der Waals surface area contributed by atoms with Gasteiger partial charge in [-0.3, -0.25) is 4.99 Å². The van der Waals surface area contributed by atoms with Crippen molar-refractivity contribution < 1.29 is 9.53 Å². The monoisotopic (exact) mass is 369 g/mol. The van der Waals surface area contributed by atoms with Crippen LogP contribution in [-0.2, 0) is 0 Å². The summed E-state index contributed by atoms with van der Waals surface area (Å²) in [6, 6.07) is 20.8. The molecule has 0 saturated heterocycles. The summed E-state index contributed by atoms with van der Waals surface area (Å²) >= 11 is 11.7. The highest BCUT2D eigenvalue weighted by molar-refractivity contribution is 6.30. The molecule has 5 heteroatoms. The number of halogens is 2. The maximum absolute atomic E-state index is 12.1. The number of carbonyl (C=O) groups excluding carboxylic acids is 1. The van der Waals surface area contributed by atoms with E-state index in [1.54, 1.807) is 66.9 Å². The summed E-state index contributed by atoms with van der Waals surface area (Å²) in [4.78, 5) is 16.5. The number of aliphatic imine (C=N–C) groups is 1. The predicted octanol–water partition coefficient (Wildman–Crippen LogP) is 5.96. The van der Waals surface area contributed by atoms with E-state index in [1.165, 1.54) is 0 Å². The van der Waals surface area contributed by atoms with Crippen molar-refractivity contribution >= 4 is 41.1 Å². The van der Waals surface area contributed by atoms with Crippen LogP contribution in [0.3, 0.4) is 0 Å². The molecule has 3 aromatic carbocycles. The van der Waals surface area contributed by atoms with Gasteiger partial charge in [0.15, 0.2) is 0 Å². The van der Waals surface area contributed by atoms with E-state index < -0.39 is 5.97 Å². The van der Waals surface area contributed by atoms with Crippen molar-refractivity contribution in [1.82, 2.24) is 0 Å². The molecule has 0 N–H and O–H groups in total. The minimum atomic E-state index is -0.435. The van der Waals surface area contributed by atoms with E-state index in [2.05, 4.69) is 4.99 Å². The first-order valence-electron chi connectivity index (χ1n) is 7.47. The molecule has 0 spiro atoms. The van der Waals surface area contributed by atoms with E-state index in [1.807, 2.05) is 12.1 Å². The molecule has 0 unspecified atom stereocenters. The summed E-state index contributed by atoms with van der Waals surface area (Å²) in [6.45, 7) is 0. The van der Waals surface area contributed by atoms with Crippen LogP contribution in [0.25, 0.3) is 0 Å². The Balaban J connectivity index is 1.66. The van der Waals surface area contributed by atoms with Gasteiger partial charge in [-0.2, -0.15) is 0 Å². The van der Waals surface area contributed by atoms with Crippen molar-refractivity contribution in [2.24, 2.45) is 4.99 Å². The second-order valence-corrected chi connectivity index (χ2v) is 6.07. The fraction of sp³-hybridized carbons (Fsp3) is 0. The highest BCUT2D eigenvalue weighted by Gasteiger charge is 2.08. The number of hydrogen-bond donors (Lipinski definition) is 0. The Hall–Kier alpha value is -2.62. The standard InChI is InChI=1S/C20H13Cl2NO2/c21-16-5-1-14(2-6-16)13-23-18-9-3-15(4-10-18)20(24)25-19-11-7-17(22)8-12-19/h1-13H. The predicted molar refractivity (Wildman–Crippen MR) is 102 cm³/mol. The fourth-order valence-electron chi connectivity index (χ4n) is 2.05. The Morgan fingerprint density at radius 2 is 1.36 bits per heavy atom. The molecule has 0 aliphatic carbocycles. The molecule has 0 amide bonds. The smallest absolute Gasteiger partial charge is 0.343 e. The van der Waals surface area contributed by atoms with Gasteiger partial charge in [0.05, 0.1) is 11.3 Å². The Labute approximate surface area is 155 Å². The van der Waals surface area contributed by atoms with Crippen molar-refractivity contribution in [1.29, 1.82) is 0 Å². The highest BCUT2D eigenvalue weighted by Crippen LogP contribution is 2.18. The molecular formula is C20H13Cl2NO2. The molecule has 0 bridgehead atoms. The average molecular weight is 370 g/mol. The molecule has 0 fully saturated rings. The number of nitrogens with zero attached hydrogens (tertiary/aromatic N) is 1. The van der Waals surface area contributed by atoms with E-state index >= 15 is 0 Å². The Morgan fingerprint density at radius 1 is 0.800 bits per heavy atom. The van der Waals surface area contributed by atoms with Crippen molar-refractivity contribution in [2.75, 3.05) is 0 Å². The van der Waals surface area contributed by atoms with Crippen LogP contribution >= 0.6 is 23.2 Å². The zero-order valence-electron chi connectivity index (χ0n) is 13.0. The molecule has 0 aliphatic rings. The second kappa shape index (κ2) is 7.97. The van der Waals surface area contributed by atoms with E-state index in [-0.39, 0.29) is 0 Å². The van der Waals surface area contributed by atoms with Gasteiger partial charge >= 0.3 is 5.97 Å². The topological polar surface area (TPSA) is 38.7 Å². The van der Waals surface area contributed by atoms with Crippen LogP contribution in [0.4, 0.5) is 5.69 Å². The van der Waals surface area contributed by atoms with E-state index in [9.17, 15) is 4.79 Å². The highest BCUT2D eigenvalue weighted by atomic mass is 35.5. The molecule has 0 saturated carbocycles. The summed E-state index contributed by atoms with van der Waals surface area (Å²) in [6.07, 6.45) is 1.73. The molecule has 0 atom stereocenters. The largest absolute Gasteiger partial charge is 0.423 e. The first-order valence-corrected chi connectivity index (χ1v) is 8.23. The number of benzene rings is 3. The van der Waals surface area contributed by atoms with Gasteiger partial charge < -0.3 is 4.74 Å². The molecule has 0 heterocycles. The number of esters is 1. The maximum atomic E-state index is 12.1. The van der Waals surface area contributed by atoms with Gasteiger partial charge in [-0.25, -0.2) is 4.79 Å². The van der Waals surface area contributed by atoms with Gasteiger partial charge in [-0.15, -0.1) is 0 Å². The zero-order chi connectivity index (χ0) is 17.6. The molecule has 3 nitrogen and oxygen atoms in total. The summed E-state index contributed by atoms with van der Waals surface area (Å²) in [5.41, 5.74) is 2.12. The van der Waals surface area contributed by atoms with Crippen molar-refractivity contribution in [3.05, 3.63) is 94.0 Å². The number of ether oxygens (including phenoxy) is 1. The lowest BCUT2D eigenvalue weighted by molar-refractivity contribution is 0.0735. The summed E-state index contributed by atoms with van der Waals surface area (Å²) in [7, 11) is 0. The van der Waals surface area contributed by atoms with Crippen LogP contribution in [-0.4, -0.2) is 12.2 Å². The van der Waals surface area contributed by atoms with Gasteiger partial charge in [0.1, 0.15) is 5.75 Å². The van der Waals surface area contributed by atoms with Crippen molar-refractivity contribution in [2.45, 2.75) is 0 Å². The summed E-state index contributed by atoms with van der Waals surface area (Å²) < 4.78 is 5.29. The first-order chi connectivity index (χ1) is 12.1. The molecule has 3 rings (SSSR count).